The molecule has 1 fully saturated rings. The molecule has 1 N–H and O–H groups in total. The molecule has 1 aromatic rings. The predicted octanol–water partition coefficient (Wildman–Crippen LogP) is 6.86. The highest BCUT2D eigenvalue weighted by atomic mass is 16.6. The van der Waals surface area contributed by atoms with Crippen molar-refractivity contribution in [3.63, 3.8) is 0 Å². The van der Waals surface area contributed by atoms with Crippen molar-refractivity contribution in [3.05, 3.63) is 47.1 Å². The van der Waals surface area contributed by atoms with E-state index in [-0.39, 0.29) is 29.7 Å². The average molecular weight is 441 g/mol. The van der Waals surface area contributed by atoms with Crippen molar-refractivity contribution in [2.75, 3.05) is 6.61 Å². The number of epoxide rings is 1. The molecule has 2 aliphatic rings. The maximum absolute atomic E-state index is 13.2. The molecule has 176 valence electrons. The number of unbranched alkanes of at least 4 members (excludes halogenated alkanes) is 2. The van der Waals surface area contributed by atoms with Gasteiger partial charge in [-0.15, -0.1) is 0 Å². The van der Waals surface area contributed by atoms with Crippen LogP contribution >= 0.6 is 0 Å². The fourth-order valence-electron chi connectivity index (χ4n) is 4.79. The second-order valence-corrected chi connectivity index (χ2v) is 10.4. The number of rotatable bonds is 10. The molecule has 0 aromatic heterocycles. The average Bonchev–Trinajstić information content (AvgIpc) is 3.51. The molecule has 4 nitrogen and oxygen atoms in total. The van der Waals surface area contributed by atoms with Crippen LogP contribution in [0.2, 0.25) is 0 Å². The van der Waals surface area contributed by atoms with Gasteiger partial charge >= 0.3 is 5.97 Å². The first kappa shape index (κ1) is 24.6. The number of phenols is 1. The molecular weight excluding hydrogens is 400 g/mol. The number of hydrogen-bond donors (Lipinski definition) is 1. The van der Waals surface area contributed by atoms with E-state index in [1.165, 1.54) is 5.57 Å². The van der Waals surface area contributed by atoms with Gasteiger partial charge < -0.3 is 14.6 Å². The highest BCUT2D eigenvalue weighted by Gasteiger charge is 2.39. The summed E-state index contributed by atoms with van der Waals surface area (Å²) in [6, 6.07) is 3.83. The number of esters is 1. The number of aryl methyl sites for hydroxylation is 1. The first-order chi connectivity index (χ1) is 15.1. The van der Waals surface area contributed by atoms with Gasteiger partial charge in [-0.3, -0.25) is 4.79 Å². The zero-order valence-corrected chi connectivity index (χ0v) is 20.5. The van der Waals surface area contributed by atoms with Crippen molar-refractivity contribution in [1.29, 1.82) is 0 Å². The quantitative estimate of drug-likeness (QED) is 0.142. The van der Waals surface area contributed by atoms with Crippen molar-refractivity contribution < 1.29 is 19.4 Å². The van der Waals surface area contributed by atoms with Crippen molar-refractivity contribution in [1.82, 2.24) is 0 Å². The zero-order chi connectivity index (χ0) is 23.5. The maximum Gasteiger partial charge on any atom is 0.317 e. The number of carbonyl (C=O) groups excluding carboxylic acids is 1. The summed E-state index contributed by atoms with van der Waals surface area (Å²) >= 11 is 0. The molecule has 0 bridgehead atoms. The summed E-state index contributed by atoms with van der Waals surface area (Å²) in [7, 11) is 0. The molecule has 3 rings (SSSR count). The molecule has 1 heterocycles. The van der Waals surface area contributed by atoms with E-state index in [0.29, 0.717) is 24.3 Å². The molecule has 1 saturated heterocycles. The van der Waals surface area contributed by atoms with Gasteiger partial charge in [0.05, 0.1) is 18.1 Å². The van der Waals surface area contributed by atoms with Crippen LogP contribution in [-0.2, 0) is 16.0 Å². The van der Waals surface area contributed by atoms with Gasteiger partial charge in [-0.1, -0.05) is 43.6 Å². The van der Waals surface area contributed by atoms with Crippen molar-refractivity contribution in [2.45, 2.75) is 91.6 Å². The van der Waals surface area contributed by atoms with E-state index in [1.807, 2.05) is 32.9 Å². The number of hydrogen-bond acceptors (Lipinski definition) is 4. The Morgan fingerprint density at radius 3 is 2.66 bits per heavy atom. The Kier molecular flexibility index (Phi) is 7.87. The smallest absolute Gasteiger partial charge is 0.317 e. The molecule has 0 saturated carbocycles. The number of carbonyl (C=O) groups is 1. The SMILES string of the molecule is C=C(C)[C@@H]1CCC(C)=C[C@H]1c1c(O)cc(CCCCC)cc1OC(=O)C(C)(C)CC1CO1. The lowest BCUT2D eigenvalue weighted by Gasteiger charge is -2.32. The van der Waals surface area contributed by atoms with Gasteiger partial charge in [0, 0.05) is 11.5 Å². The number of benzene rings is 1. The molecular formula is C28H40O4. The standard InChI is InChI=1S/C28H40O4/c1-7-8-9-10-20-14-24(29)26(23-13-19(4)11-12-22(23)18(2)3)25(15-20)32-27(30)28(5,6)16-21-17-31-21/h13-15,21-23,29H,2,7-12,16-17H2,1,3-6H3/t21?,22-,23+/m0/s1. The summed E-state index contributed by atoms with van der Waals surface area (Å²) < 4.78 is 11.4. The minimum absolute atomic E-state index is 0.0522. The van der Waals surface area contributed by atoms with Crippen molar-refractivity contribution >= 4 is 5.97 Å². The van der Waals surface area contributed by atoms with Crippen LogP contribution in [0.25, 0.3) is 0 Å². The fourth-order valence-corrected chi connectivity index (χ4v) is 4.79. The van der Waals surface area contributed by atoms with Gasteiger partial charge in [-0.25, -0.2) is 0 Å². The number of ether oxygens (including phenoxy) is 2. The normalized spacial score (nSPS) is 22.9. The van der Waals surface area contributed by atoms with Crippen LogP contribution in [0.15, 0.2) is 35.9 Å². The Morgan fingerprint density at radius 1 is 1.31 bits per heavy atom. The van der Waals surface area contributed by atoms with E-state index in [9.17, 15) is 9.90 Å². The van der Waals surface area contributed by atoms with Crippen molar-refractivity contribution in [2.24, 2.45) is 11.3 Å². The summed E-state index contributed by atoms with van der Waals surface area (Å²) in [5, 5.41) is 11.2. The Bertz CT molecular complexity index is 876. The fraction of sp³-hybridized carbons (Fsp3) is 0.607. The van der Waals surface area contributed by atoms with Crippen molar-refractivity contribution in [3.8, 4) is 11.5 Å². The van der Waals surface area contributed by atoms with E-state index in [1.54, 1.807) is 0 Å². The van der Waals surface area contributed by atoms with E-state index < -0.39 is 5.41 Å². The van der Waals surface area contributed by atoms with Crippen LogP contribution in [0.1, 0.15) is 90.2 Å². The molecule has 32 heavy (non-hydrogen) atoms. The predicted molar refractivity (Wildman–Crippen MR) is 129 cm³/mol. The minimum atomic E-state index is -0.654. The lowest BCUT2D eigenvalue weighted by molar-refractivity contribution is -0.144. The van der Waals surface area contributed by atoms with Crippen LogP contribution in [0.3, 0.4) is 0 Å². The third-order valence-electron chi connectivity index (χ3n) is 6.86. The van der Waals surface area contributed by atoms with Crippen LogP contribution in [0.5, 0.6) is 11.5 Å². The van der Waals surface area contributed by atoms with Gasteiger partial charge in [-0.05, 0) is 83.4 Å². The largest absolute Gasteiger partial charge is 0.507 e. The number of aromatic hydroxyl groups is 1. The monoisotopic (exact) mass is 440 g/mol. The Labute approximate surface area is 193 Å². The summed E-state index contributed by atoms with van der Waals surface area (Å²) in [5.41, 5.74) is 3.45. The summed E-state index contributed by atoms with van der Waals surface area (Å²) in [6.07, 6.45) is 9.17. The van der Waals surface area contributed by atoms with Crippen LogP contribution in [0.4, 0.5) is 0 Å². The molecule has 1 aromatic carbocycles. The Hall–Kier alpha value is -2.07. The van der Waals surface area contributed by atoms with E-state index in [0.717, 1.165) is 49.7 Å². The topological polar surface area (TPSA) is 59.1 Å². The van der Waals surface area contributed by atoms with Gasteiger partial charge in [0.25, 0.3) is 0 Å². The van der Waals surface area contributed by atoms with Gasteiger partial charge in [0.1, 0.15) is 11.5 Å². The lowest BCUT2D eigenvalue weighted by atomic mass is 9.73. The number of phenolic OH excluding ortho intramolecular Hbond substituents is 1. The second kappa shape index (κ2) is 10.2. The third kappa shape index (κ3) is 6.04. The Morgan fingerprint density at radius 2 is 2.03 bits per heavy atom. The highest BCUT2D eigenvalue weighted by Crippen LogP contribution is 2.47. The second-order valence-electron chi connectivity index (χ2n) is 10.4. The minimum Gasteiger partial charge on any atom is -0.507 e. The van der Waals surface area contributed by atoms with Gasteiger partial charge in [0.2, 0.25) is 0 Å². The molecule has 3 atom stereocenters. The van der Waals surface area contributed by atoms with E-state index in [2.05, 4.69) is 26.5 Å². The van der Waals surface area contributed by atoms with Gasteiger partial charge in [0.15, 0.2) is 0 Å². The molecule has 1 aliphatic carbocycles. The first-order valence-corrected chi connectivity index (χ1v) is 12.1. The van der Waals surface area contributed by atoms with Crippen LogP contribution in [-0.4, -0.2) is 23.8 Å². The molecule has 4 heteroatoms. The Balaban J connectivity index is 1.99. The molecule has 0 amide bonds. The lowest BCUT2D eigenvalue weighted by Crippen LogP contribution is -2.31. The van der Waals surface area contributed by atoms with E-state index in [4.69, 9.17) is 9.47 Å². The van der Waals surface area contributed by atoms with Crippen LogP contribution < -0.4 is 4.74 Å². The van der Waals surface area contributed by atoms with Crippen LogP contribution in [0, 0.1) is 11.3 Å². The summed E-state index contributed by atoms with van der Waals surface area (Å²) in [5.74, 6) is 0.591. The molecule has 0 radical (unpaired) electrons. The third-order valence-corrected chi connectivity index (χ3v) is 6.86. The highest BCUT2D eigenvalue weighted by molar-refractivity contribution is 5.79. The zero-order valence-electron chi connectivity index (χ0n) is 20.5. The summed E-state index contributed by atoms with van der Waals surface area (Å²) in [6.45, 7) is 15.1. The van der Waals surface area contributed by atoms with Gasteiger partial charge in [-0.2, -0.15) is 0 Å². The molecule has 1 unspecified atom stereocenters. The first-order valence-electron chi connectivity index (χ1n) is 12.1. The summed E-state index contributed by atoms with van der Waals surface area (Å²) in [4.78, 5) is 13.2. The van der Waals surface area contributed by atoms with E-state index >= 15 is 0 Å². The number of allylic oxidation sites excluding steroid dienone is 3. The maximum atomic E-state index is 13.2. The molecule has 0 spiro atoms. The molecule has 1 aliphatic heterocycles.